The standard InChI is InChI=1S/C16H17F3N2/c1-10-7-8-11(2)13(9-10)15(21-20)12-5-3-4-6-14(12)16(17,18)19/h3-9,15,21H,20H2,1-2H3. The molecule has 21 heavy (non-hydrogen) atoms. The zero-order valence-corrected chi connectivity index (χ0v) is 11.8. The lowest BCUT2D eigenvalue weighted by molar-refractivity contribution is -0.138. The Bertz CT molecular complexity index is 636. The average Bonchev–Trinajstić information content (AvgIpc) is 2.43. The highest BCUT2D eigenvalue weighted by Gasteiger charge is 2.35. The summed E-state index contributed by atoms with van der Waals surface area (Å²) in [6, 6.07) is 10.4. The van der Waals surface area contributed by atoms with Crippen LogP contribution in [0.2, 0.25) is 0 Å². The Morgan fingerprint density at radius 2 is 1.67 bits per heavy atom. The van der Waals surface area contributed by atoms with Gasteiger partial charge in [0, 0.05) is 0 Å². The van der Waals surface area contributed by atoms with Crippen LogP contribution in [0.1, 0.15) is 33.9 Å². The fraction of sp³-hybridized carbons (Fsp3) is 0.250. The summed E-state index contributed by atoms with van der Waals surface area (Å²) in [6.07, 6.45) is -4.41. The van der Waals surface area contributed by atoms with Gasteiger partial charge in [0.05, 0.1) is 11.6 Å². The van der Waals surface area contributed by atoms with Crippen LogP contribution in [0.4, 0.5) is 13.2 Å². The van der Waals surface area contributed by atoms with Crippen LogP contribution < -0.4 is 11.3 Å². The van der Waals surface area contributed by atoms with Gasteiger partial charge in [0.1, 0.15) is 0 Å². The van der Waals surface area contributed by atoms with E-state index in [0.717, 1.165) is 22.8 Å². The largest absolute Gasteiger partial charge is 0.416 e. The Morgan fingerprint density at radius 3 is 2.29 bits per heavy atom. The molecule has 2 rings (SSSR count). The zero-order chi connectivity index (χ0) is 15.6. The number of hydrazine groups is 1. The number of hydrogen-bond acceptors (Lipinski definition) is 2. The summed E-state index contributed by atoms with van der Waals surface area (Å²) in [6.45, 7) is 3.75. The summed E-state index contributed by atoms with van der Waals surface area (Å²) < 4.78 is 39.5. The van der Waals surface area contributed by atoms with Gasteiger partial charge >= 0.3 is 6.18 Å². The van der Waals surface area contributed by atoms with Crippen LogP contribution in [0.15, 0.2) is 42.5 Å². The second-order valence-corrected chi connectivity index (χ2v) is 5.04. The minimum Gasteiger partial charge on any atom is -0.271 e. The second-order valence-electron chi connectivity index (χ2n) is 5.04. The van der Waals surface area contributed by atoms with Crippen molar-refractivity contribution < 1.29 is 13.2 Å². The van der Waals surface area contributed by atoms with Crippen LogP contribution >= 0.6 is 0 Å². The summed E-state index contributed by atoms with van der Waals surface area (Å²) in [4.78, 5) is 0. The quantitative estimate of drug-likeness (QED) is 0.666. The first-order valence-corrected chi connectivity index (χ1v) is 6.54. The molecule has 2 nitrogen and oxygen atoms in total. The fourth-order valence-corrected chi connectivity index (χ4v) is 2.42. The van der Waals surface area contributed by atoms with E-state index >= 15 is 0 Å². The number of hydrogen-bond donors (Lipinski definition) is 2. The van der Waals surface area contributed by atoms with Gasteiger partial charge in [-0.3, -0.25) is 5.84 Å². The molecule has 0 bridgehead atoms. The van der Waals surface area contributed by atoms with Crippen molar-refractivity contribution in [3.05, 3.63) is 70.3 Å². The fourth-order valence-electron chi connectivity index (χ4n) is 2.42. The topological polar surface area (TPSA) is 38.0 Å². The highest BCUT2D eigenvalue weighted by atomic mass is 19.4. The van der Waals surface area contributed by atoms with Gasteiger partial charge in [-0.15, -0.1) is 0 Å². The lowest BCUT2D eigenvalue weighted by atomic mass is 9.91. The summed E-state index contributed by atoms with van der Waals surface area (Å²) in [7, 11) is 0. The SMILES string of the molecule is Cc1ccc(C)c(C(NN)c2ccccc2C(F)(F)F)c1. The molecule has 0 aliphatic rings. The van der Waals surface area contributed by atoms with E-state index in [1.54, 1.807) is 6.07 Å². The Labute approximate surface area is 121 Å². The maximum absolute atomic E-state index is 13.2. The van der Waals surface area contributed by atoms with Crippen molar-refractivity contribution in [3.63, 3.8) is 0 Å². The lowest BCUT2D eigenvalue weighted by Crippen LogP contribution is -2.31. The van der Waals surface area contributed by atoms with Crippen molar-refractivity contribution in [1.29, 1.82) is 0 Å². The van der Waals surface area contributed by atoms with E-state index in [4.69, 9.17) is 5.84 Å². The van der Waals surface area contributed by atoms with E-state index in [2.05, 4.69) is 5.43 Å². The molecule has 3 N–H and O–H groups in total. The van der Waals surface area contributed by atoms with Gasteiger partial charge in [-0.1, -0.05) is 42.0 Å². The van der Waals surface area contributed by atoms with Gasteiger partial charge in [0.15, 0.2) is 0 Å². The molecule has 0 radical (unpaired) electrons. The lowest BCUT2D eigenvalue weighted by Gasteiger charge is -2.23. The molecule has 0 saturated carbocycles. The van der Waals surface area contributed by atoms with E-state index in [-0.39, 0.29) is 5.56 Å². The molecule has 1 unspecified atom stereocenters. The molecular weight excluding hydrogens is 277 g/mol. The van der Waals surface area contributed by atoms with Crippen molar-refractivity contribution in [1.82, 2.24) is 5.43 Å². The molecule has 112 valence electrons. The van der Waals surface area contributed by atoms with Gasteiger partial charge in [0.25, 0.3) is 0 Å². The first-order chi connectivity index (χ1) is 9.84. The van der Waals surface area contributed by atoms with Crippen molar-refractivity contribution in [3.8, 4) is 0 Å². The van der Waals surface area contributed by atoms with Crippen LogP contribution in [0.3, 0.4) is 0 Å². The number of nitrogens with one attached hydrogen (secondary N) is 1. The normalized spacial score (nSPS) is 13.2. The van der Waals surface area contributed by atoms with Crippen LogP contribution in [0.5, 0.6) is 0 Å². The van der Waals surface area contributed by atoms with Crippen molar-refractivity contribution in [2.75, 3.05) is 0 Å². The summed E-state index contributed by atoms with van der Waals surface area (Å²) >= 11 is 0. The molecule has 2 aromatic carbocycles. The van der Waals surface area contributed by atoms with Crippen LogP contribution in [0.25, 0.3) is 0 Å². The third-order valence-corrected chi connectivity index (χ3v) is 3.49. The van der Waals surface area contributed by atoms with Gasteiger partial charge in [-0.05, 0) is 36.6 Å². The molecule has 1 atom stereocenters. The number of aryl methyl sites for hydroxylation is 2. The van der Waals surface area contributed by atoms with Gasteiger partial charge < -0.3 is 0 Å². The molecule has 0 fully saturated rings. The third kappa shape index (κ3) is 3.25. The second kappa shape index (κ2) is 5.87. The Kier molecular flexibility index (Phi) is 4.34. The molecule has 0 heterocycles. The average molecular weight is 294 g/mol. The molecule has 0 spiro atoms. The molecular formula is C16H17F3N2. The van der Waals surface area contributed by atoms with Crippen molar-refractivity contribution >= 4 is 0 Å². The molecule has 0 aliphatic heterocycles. The van der Waals surface area contributed by atoms with Crippen LogP contribution in [-0.4, -0.2) is 0 Å². The Morgan fingerprint density at radius 1 is 1.00 bits per heavy atom. The summed E-state index contributed by atoms with van der Waals surface area (Å²) in [5.74, 6) is 5.55. The van der Waals surface area contributed by atoms with Gasteiger partial charge in [0.2, 0.25) is 0 Å². The number of alkyl halides is 3. The van der Waals surface area contributed by atoms with E-state index in [9.17, 15) is 13.2 Å². The number of halogens is 3. The molecule has 5 heteroatoms. The minimum atomic E-state index is -4.41. The predicted molar refractivity (Wildman–Crippen MR) is 76.5 cm³/mol. The van der Waals surface area contributed by atoms with Gasteiger partial charge in [-0.2, -0.15) is 13.2 Å². The third-order valence-electron chi connectivity index (χ3n) is 3.49. The summed E-state index contributed by atoms with van der Waals surface area (Å²) in [5.41, 5.74) is 4.58. The smallest absolute Gasteiger partial charge is 0.271 e. The highest BCUT2D eigenvalue weighted by molar-refractivity contribution is 5.43. The maximum atomic E-state index is 13.2. The first-order valence-electron chi connectivity index (χ1n) is 6.54. The van der Waals surface area contributed by atoms with E-state index in [1.165, 1.54) is 12.1 Å². The first kappa shape index (κ1) is 15.5. The number of rotatable bonds is 3. The van der Waals surface area contributed by atoms with Crippen LogP contribution in [-0.2, 0) is 6.18 Å². The highest BCUT2D eigenvalue weighted by Crippen LogP contribution is 2.37. The molecule has 0 aromatic heterocycles. The molecule has 0 amide bonds. The maximum Gasteiger partial charge on any atom is 0.416 e. The Hall–Kier alpha value is -1.85. The molecule has 0 saturated heterocycles. The van der Waals surface area contributed by atoms with Crippen molar-refractivity contribution in [2.24, 2.45) is 5.84 Å². The summed E-state index contributed by atoms with van der Waals surface area (Å²) in [5, 5.41) is 0. The van der Waals surface area contributed by atoms with E-state index < -0.39 is 17.8 Å². The van der Waals surface area contributed by atoms with E-state index in [0.29, 0.717) is 0 Å². The zero-order valence-electron chi connectivity index (χ0n) is 11.8. The molecule has 0 aliphatic carbocycles. The molecule has 2 aromatic rings. The predicted octanol–water partition coefficient (Wildman–Crippen LogP) is 3.87. The number of nitrogens with two attached hydrogens (primary N) is 1. The Balaban J connectivity index is 2.60. The minimum absolute atomic E-state index is 0.126. The van der Waals surface area contributed by atoms with E-state index in [1.807, 2.05) is 32.0 Å². The monoisotopic (exact) mass is 294 g/mol. The van der Waals surface area contributed by atoms with Gasteiger partial charge in [-0.25, -0.2) is 5.43 Å². The van der Waals surface area contributed by atoms with Crippen LogP contribution in [0, 0.1) is 13.8 Å². The van der Waals surface area contributed by atoms with Crippen molar-refractivity contribution in [2.45, 2.75) is 26.1 Å². The number of benzene rings is 2.